The zero-order chi connectivity index (χ0) is 21.0. The lowest BCUT2D eigenvalue weighted by Crippen LogP contribution is -2.07. The fourth-order valence-corrected chi connectivity index (χ4v) is 4.36. The van der Waals surface area contributed by atoms with E-state index in [1.165, 1.54) is 37.1 Å². The van der Waals surface area contributed by atoms with Crippen molar-refractivity contribution in [1.82, 2.24) is 9.78 Å². The van der Waals surface area contributed by atoms with E-state index in [1.54, 1.807) is 47.1 Å². The van der Waals surface area contributed by atoms with Crippen molar-refractivity contribution in [3.8, 4) is 11.4 Å². The number of rotatable bonds is 7. The van der Waals surface area contributed by atoms with Gasteiger partial charge in [-0.3, -0.25) is 4.79 Å². The maximum atomic E-state index is 12.4. The molecule has 0 bridgehead atoms. The van der Waals surface area contributed by atoms with Crippen LogP contribution in [0.15, 0.2) is 46.8 Å². The van der Waals surface area contributed by atoms with Gasteiger partial charge < -0.3 is 9.47 Å². The highest BCUT2D eigenvalue weighted by molar-refractivity contribution is 8.00. The number of benzene rings is 2. The molecule has 0 radical (unpaired) electrons. The van der Waals surface area contributed by atoms with Crippen LogP contribution in [0.3, 0.4) is 0 Å². The lowest BCUT2D eigenvalue weighted by molar-refractivity contribution is 0.0470. The van der Waals surface area contributed by atoms with E-state index in [4.69, 9.17) is 21.7 Å². The third kappa shape index (κ3) is 4.92. The van der Waals surface area contributed by atoms with Gasteiger partial charge in [-0.15, -0.1) is 5.10 Å². The van der Waals surface area contributed by atoms with Crippen molar-refractivity contribution >= 4 is 47.1 Å². The van der Waals surface area contributed by atoms with Crippen LogP contribution in [0, 0.1) is 3.95 Å². The van der Waals surface area contributed by atoms with Crippen molar-refractivity contribution in [2.24, 2.45) is 0 Å². The summed E-state index contributed by atoms with van der Waals surface area (Å²) >= 11 is 8.30. The molecule has 0 unspecified atom stereocenters. The molecule has 0 atom stereocenters. The Morgan fingerprint density at radius 1 is 1.17 bits per heavy atom. The van der Waals surface area contributed by atoms with E-state index in [1.807, 2.05) is 6.26 Å². The molecule has 150 valence electrons. The number of hydrogen-bond acceptors (Lipinski definition) is 8. The quantitative estimate of drug-likeness (QED) is 0.220. The van der Waals surface area contributed by atoms with Crippen molar-refractivity contribution in [3.05, 3.63) is 63.1 Å². The molecule has 0 aliphatic rings. The van der Waals surface area contributed by atoms with Crippen molar-refractivity contribution in [3.63, 3.8) is 0 Å². The van der Waals surface area contributed by atoms with Gasteiger partial charge in [0.1, 0.15) is 12.4 Å². The number of aromatic nitrogens is 2. The summed E-state index contributed by atoms with van der Waals surface area (Å²) in [5.74, 6) is 0.0141. The van der Waals surface area contributed by atoms with Gasteiger partial charge in [-0.2, -0.15) is 0 Å². The van der Waals surface area contributed by atoms with E-state index in [0.29, 0.717) is 26.4 Å². The molecule has 3 aromatic rings. The molecule has 29 heavy (non-hydrogen) atoms. The first-order valence-corrected chi connectivity index (χ1v) is 11.0. The van der Waals surface area contributed by atoms with Crippen LogP contribution in [0.5, 0.6) is 5.75 Å². The Balaban J connectivity index is 1.73. The second kappa shape index (κ2) is 9.34. The lowest BCUT2D eigenvalue weighted by Gasteiger charge is -2.11. The number of esters is 1. The van der Waals surface area contributed by atoms with E-state index < -0.39 is 5.97 Å². The predicted octanol–water partition coefficient (Wildman–Crippen LogP) is 4.95. The summed E-state index contributed by atoms with van der Waals surface area (Å²) in [5.41, 5.74) is 2.34. The Morgan fingerprint density at radius 2 is 1.86 bits per heavy atom. The van der Waals surface area contributed by atoms with Gasteiger partial charge in [0.15, 0.2) is 14.1 Å². The number of hydrogen-bond donors (Lipinski definition) is 0. The van der Waals surface area contributed by atoms with Crippen molar-refractivity contribution < 1.29 is 19.1 Å². The molecule has 9 heteroatoms. The minimum atomic E-state index is -0.474. The minimum absolute atomic E-state index is 0.000887. The number of Topliss-reactive ketones (excluding diaryl/α,β-unsaturated/α-hetero) is 1. The fraction of sp³-hybridized carbons (Fsp3) is 0.200. The molecular weight excluding hydrogens is 428 g/mol. The van der Waals surface area contributed by atoms with Crippen molar-refractivity contribution in [1.29, 1.82) is 0 Å². The number of ether oxygens (including phenoxy) is 2. The summed E-state index contributed by atoms with van der Waals surface area (Å²) < 4.78 is 13.9. The van der Waals surface area contributed by atoms with Crippen LogP contribution in [0.1, 0.15) is 33.2 Å². The van der Waals surface area contributed by atoms with Crippen LogP contribution in [-0.2, 0) is 11.3 Å². The fourth-order valence-electron chi connectivity index (χ4n) is 2.58. The SMILES string of the molecule is COc1ccc(C(C)=O)cc1COC(=O)c1ccc(-n2nc(SC)sc2=S)cc1. The zero-order valence-corrected chi connectivity index (χ0v) is 18.5. The molecule has 0 saturated carbocycles. The second-order valence-corrected chi connectivity index (χ2v) is 8.63. The first-order chi connectivity index (χ1) is 13.9. The van der Waals surface area contributed by atoms with Crippen LogP contribution >= 0.6 is 35.3 Å². The van der Waals surface area contributed by atoms with E-state index >= 15 is 0 Å². The van der Waals surface area contributed by atoms with Gasteiger partial charge in [0.2, 0.25) is 0 Å². The normalized spacial score (nSPS) is 10.6. The molecule has 2 aromatic carbocycles. The summed E-state index contributed by atoms with van der Waals surface area (Å²) in [6.07, 6.45) is 1.94. The van der Waals surface area contributed by atoms with Gasteiger partial charge in [0.05, 0.1) is 18.4 Å². The monoisotopic (exact) mass is 446 g/mol. The maximum Gasteiger partial charge on any atom is 0.338 e. The summed E-state index contributed by atoms with van der Waals surface area (Å²) in [4.78, 5) is 24.0. The third-order valence-corrected chi connectivity index (χ3v) is 6.30. The average Bonchev–Trinajstić information content (AvgIpc) is 3.12. The van der Waals surface area contributed by atoms with Crippen LogP contribution in [0.2, 0.25) is 0 Å². The molecule has 0 aliphatic carbocycles. The second-order valence-electron chi connectivity index (χ2n) is 5.96. The van der Waals surface area contributed by atoms with Crippen LogP contribution < -0.4 is 4.74 Å². The van der Waals surface area contributed by atoms with Gasteiger partial charge in [-0.05, 0) is 67.9 Å². The first-order valence-electron chi connectivity index (χ1n) is 8.52. The Labute approximate surface area is 181 Å². The Morgan fingerprint density at radius 3 is 2.45 bits per heavy atom. The summed E-state index contributed by atoms with van der Waals surface area (Å²) in [5, 5.41) is 4.43. The van der Waals surface area contributed by atoms with Crippen molar-refractivity contribution in [2.75, 3.05) is 13.4 Å². The van der Waals surface area contributed by atoms with E-state index in [0.717, 1.165) is 10.0 Å². The number of methoxy groups -OCH3 is 1. The molecule has 0 fully saturated rings. The molecule has 1 aromatic heterocycles. The number of ketones is 1. The molecule has 6 nitrogen and oxygen atoms in total. The summed E-state index contributed by atoms with van der Waals surface area (Å²) in [7, 11) is 1.53. The molecule has 0 aliphatic heterocycles. The Bertz CT molecular complexity index is 1100. The van der Waals surface area contributed by atoms with E-state index in [-0.39, 0.29) is 12.4 Å². The van der Waals surface area contributed by atoms with E-state index in [2.05, 4.69) is 5.10 Å². The van der Waals surface area contributed by atoms with Crippen LogP contribution in [-0.4, -0.2) is 34.9 Å². The topological polar surface area (TPSA) is 70.4 Å². The molecule has 1 heterocycles. The molecule has 0 saturated heterocycles. The number of thioether (sulfide) groups is 1. The average molecular weight is 447 g/mol. The maximum absolute atomic E-state index is 12.4. The highest BCUT2D eigenvalue weighted by Gasteiger charge is 2.13. The highest BCUT2D eigenvalue weighted by atomic mass is 32.2. The standard InChI is InChI=1S/C20H18N2O4S3/c1-12(23)14-6-9-17(25-2)15(10-14)11-26-18(24)13-4-7-16(8-5-13)22-20(27)29-19(21-22)28-3/h4-10H,11H2,1-3H3. The molecule has 0 N–H and O–H groups in total. The van der Waals surface area contributed by atoms with Gasteiger partial charge in [0, 0.05) is 11.1 Å². The predicted molar refractivity (Wildman–Crippen MR) is 116 cm³/mol. The Kier molecular flexibility index (Phi) is 6.83. The molecular formula is C20H18N2O4S3. The van der Waals surface area contributed by atoms with Crippen LogP contribution in [0.4, 0.5) is 0 Å². The summed E-state index contributed by atoms with van der Waals surface area (Å²) in [6, 6.07) is 11.9. The molecule has 3 rings (SSSR count). The van der Waals surface area contributed by atoms with Gasteiger partial charge in [-0.25, -0.2) is 9.48 Å². The van der Waals surface area contributed by atoms with Gasteiger partial charge in [-0.1, -0.05) is 23.1 Å². The molecule has 0 spiro atoms. The highest BCUT2D eigenvalue weighted by Crippen LogP contribution is 2.23. The Hall–Kier alpha value is -2.49. The van der Waals surface area contributed by atoms with Gasteiger partial charge in [0.25, 0.3) is 0 Å². The largest absolute Gasteiger partial charge is 0.496 e. The number of nitrogens with zero attached hydrogens (tertiary/aromatic N) is 2. The molecule has 0 amide bonds. The lowest BCUT2D eigenvalue weighted by atomic mass is 10.1. The van der Waals surface area contributed by atoms with Crippen LogP contribution in [0.25, 0.3) is 5.69 Å². The number of carbonyl (C=O) groups is 2. The van der Waals surface area contributed by atoms with Crippen molar-refractivity contribution in [2.45, 2.75) is 17.9 Å². The van der Waals surface area contributed by atoms with E-state index in [9.17, 15) is 9.59 Å². The number of carbonyl (C=O) groups excluding carboxylic acids is 2. The minimum Gasteiger partial charge on any atom is -0.496 e. The first kappa shape index (κ1) is 21.2. The smallest absolute Gasteiger partial charge is 0.338 e. The zero-order valence-electron chi connectivity index (χ0n) is 16.0. The third-order valence-electron chi connectivity index (χ3n) is 4.10. The summed E-state index contributed by atoms with van der Waals surface area (Å²) in [6.45, 7) is 1.48. The van der Waals surface area contributed by atoms with Gasteiger partial charge >= 0.3 is 5.97 Å².